The molecule has 2 N–H and O–H groups in total. The van der Waals surface area contributed by atoms with Crippen molar-refractivity contribution in [3.05, 3.63) is 88.7 Å². The van der Waals surface area contributed by atoms with Crippen LogP contribution >= 0.6 is 0 Å². The Morgan fingerprint density at radius 2 is 1.72 bits per heavy atom. The van der Waals surface area contributed by atoms with Gasteiger partial charge in [-0.2, -0.15) is 0 Å². The third kappa shape index (κ3) is 5.79. The van der Waals surface area contributed by atoms with E-state index < -0.39 is 0 Å². The molecule has 2 unspecified atom stereocenters. The van der Waals surface area contributed by atoms with Crippen molar-refractivity contribution < 1.29 is 18.7 Å². The van der Waals surface area contributed by atoms with Crippen LogP contribution in [-0.4, -0.2) is 37.7 Å². The monoisotopic (exact) mass is 491 g/mol. The van der Waals surface area contributed by atoms with E-state index in [4.69, 9.17) is 9.47 Å². The SMILES string of the molecule is CCC(NC(=O)Nc1ccc(C)cc1)C1c2cc(OC)c(OC)cc2CCN1Cc1ccc(F)cc1. The average molecular weight is 492 g/mol. The van der Waals surface area contributed by atoms with E-state index in [2.05, 4.69) is 22.5 Å². The van der Waals surface area contributed by atoms with Gasteiger partial charge in [0.2, 0.25) is 0 Å². The summed E-state index contributed by atoms with van der Waals surface area (Å²) in [5.41, 5.74) is 5.17. The number of methoxy groups -OCH3 is 2. The lowest BCUT2D eigenvalue weighted by Gasteiger charge is -2.42. The molecule has 1 aliphatic rings. The van der Waals surface area contributed by atoms with Gasteiger partial charge in [-0.15, -0.1) is 0 Å². The summed E-state index contributed by atoms with van der Waals surface area (Å²) in [6.45, 7) is 5.51. The maximum atomic E-state index is 13.5. The van der Waals surface area contributed by atoms with Gasteiger partial charge in [-0.05, 0) is 72.9 Å². The fourth-order valence-electron chi connectivity index (χ4n) is 4.88. The summed E-state index contributed by atoms with van der Waals surface area (Å²) in [6.07, 6.45) is 1.55. The van der Waals surface area contributed by atoms with Crippen LogP contribution in [0.25, 0.3) is 0 Å². The highest BCUT2D eigenvalue weighted by Crippen LogP contribution is 2.40. The summed E-state index contributed by atoms with van der Waals surface area (Å²) < 4.78 is 24.7. The Kier molecular flexibility index (Phi) is 8.10. The molecule has 6 nitrogen and oxygen atoms in total. The van der Waals surface area contributed by atoms with Crippen molar-refractivity contribution in [1.29, 1.82) is 0 Å². The van der Waals surface area contributed by atoms with E-state index in [0.717, 1.165) is 41.8 Å². The van der Waals surface area contributed by atoms with Crippen molar-refractivity contribution in [3.8, 4) is 11.5 Å². The van der Waals surface area contributed by atoms with Gasteiger partial charge < -0.3 is 20.1 Å². The molecule has 36 heavy (non-hydrogen) atoms. The van der Waals surface area contributed by atoms with Gasteiger partial charge in [-0.3, -0.25) is 4.90 Å². The van der Waals surface area contributed by atoms with Gasteiger partial charge in [0.25, 0.3) is 0 Å². The number of urea groups is 1. The zero-order chi connectivity index (χ0) is 25.7. The van der Waals surface area contributed by atoms with E-state index in [1.807, 2.05) is 55.5 Å². The topological polar surface area (TPSA) is 62.8 Å². The van der Waals surface area contributed by atoms with Crippen LogP contribution < -0.4 is 20.1 Å². The number of hydrogen-bond donors (Lipinski definition) is 2. The van der Waals surface area contributed by atoms with E-state index >= 15 is 0 Å². The minimum atomic E-state index is -0.253. The van der Waals surface area contributed by atoms with Gasteiger partial charge in [0.15, 0.2) is 11.5 Å². The van der Waals surface area contributed by atoms with Crippen LogP contribution in [0.5, 0.6) is 11.5 Å². The lowest BCUT2D eigenvalue weighted by Crippen LogP contribution is -2.49. The summed E-state index contributed by atoms with van der Waals surface area (Å²) in [4.78, 5) is 15.4. The lowest BCUT2D eigenvalue weighted by molar-refractivity contribution is 0.137. The molecular weight excluding hydrogens is 457 g/mol. The van der Waals surface area contributed by atoms with Crippen LogP contribution in [0.1, 0.15) is 41.6 Å². The Hall–Kier alpha value is -3.58. The quantitative estimate of drug-likeness (QED) is 0.415. The van der Waals surface area contributed by atoms with Crippen LogP contribution in [0.3, 0.4) is 0 Å². The Balaban J connectivity index is 1.65. The predicted octanol–water partition coefficient (Wildman–Crippen LogP) is 5.85. The van der Waals surface area contributed by atoms with Gasteiger partial charge in [-0.1, -0.05) is 36.8 Å². The minimum absolute atomic E-state index is 0.104. The number of aryl methyl sites for hydroxylation is 1. The first-order valence-electron chi connectivity index (χ1n) is 12.3. The van der Waals surface area contributed by atoms with Crippen molar-refractivity contribution in [2.75, 3.05) is 26.1 Å². The Morgan fingerprint density at radius 1 is 1.06 bits per heavy atom. The van der Waals surface area contributed by atoms with Crippen molar-refractivity contribution in [3.63, 3.8) is 0 Å². The van der Waals surface area contributed by atoms with E-state index in [9.17, 15) is 9.18 Å². The first kappa shape index (κ1) is 25.5. The molecule has 0 bridgehead atoms. The first-order chi connectivity index (χ1) is 17.4. The molecule has 2 amide bonds. The first-order valence-corrected chi connectivity index (χ1v) is 12.3. The summed E-state index contributed by atoms with van der Waals surface area (Å²) in [7, 11) is 3.26. The standard InChI is InChI=1S/C29H34FN3O3/c1-5-25(32-29(34)31-23-12-6-19(2)7-13-23)28-24-17-27(36-4)26(35-3)16-21(24)14-15-33(28)18-20-8-10-22(30)11-9-20/h6-13,16-17,25,28H,5,14-15,18H2,1-4H3,(H2,31,32,34). The van der Waals surface area contributed by atoms with Gasteiger partial charge in [0, 0.05) is 18.8 Å². The van der Waals surface area contributed by atoms with Crippen LogP contribution in [0.4, 0.5) is 14.9 Å². The molecule has 1 heterocycles. The summed E-state index contributed by atoms with van der Waals surface area (Å²) in [5, 5.41) is 6.16. The van der Waals surface area contributed by atoms with Crippen LogP contribution in [0.2, 0.25) is 0 Å². The largest absolute Gasteiger partial charge is 0.493 e. The predicted molar refractivity (Wildman–Crippen MR) is 140 cm³/mol. The number of benzene rings is 3. The lowest BCUT2D eigenvalue weighted by atomic mass is 9.86. The fourth-order valence-corrected chi connectivity index (χ4v) is 4.88. The molecule has 190 valence electrons. The maximum Gasteiger partial charge on any atom is 0.319 e. The number of carbonyl (C=O) groups excluding carboxylic acids is 1. The van der Waals surface area contributed by atoms with Crippen molar-refractivity contribution in [2.45, 2.75) is 45.3 Å². The highest BCUT2D eigenvalue weighted by atomic mass is 19.1. The molecule has 0 aromatic heterocycles. The molecule has 0 saturated carbocycles. The number of anilines is 1. The molecule has 3 aromatic carbocycles. The zero-order valence-corrected chi connectivity index (χ0v) is 21.3. The normalized spacial score (nSPS) is 16.1. The zero-order valence-electron chi connectivity index (χ0n) is 21.3. The van der Waals surface area contributed by atoms with Crippen LogP contribution in [-0.2, 0) is 13.0 Å². The second-order valence-corrected chi connectivity index (χ2v) is 9.18. The second kappa shape index (κ2) is 11.4. The number of fused-ring (bicyclic) bond motifs is 1. The van der Waals surface area contributed by atoms with E-state index in [1.165, 1.54) is 17.7 Å². The Bertz CT molecular complexity index is 1180. The number of ether oxygens (including phenoxy) is 2. The van der Waals surface area contributed by atoms with E-state index in [1.54, 1.807) is 14.2 Å². The average Bonchev–Trinajstić information content (AvgIpc) is 2.89. The summed E-state index contributed by atoms with van der Waals surface area (Å²) in [5.74, 6) is 1.10. The summed E-state index contributed by atoms with van der Waals surface area (Å²) >= 11 is 0. The molecule has 2 atom stereocenters. The number of carbonyl (C=O) groups is 1. The smallest absolute Gasteiger partial charge is 0.319 e. The highest BCUT2D eigenvalue weighted by molar-refractivity contribution is 5.89. The third-order valence-corrected chi connectivity index (χ3v) is 6.77. The molecule has 1 aliphatic heterocycles. The van der Waals surface area contributed by atoms with Crippen LogP contribution in [0, 0.1) is 12.7 Å². The summed E-state index contributed by atoms with van der Waals surface area (Å²) in [6, 6.07) is 17.9. The fraction of sp³-hybridized carbons (Fsp3) is 0.345. The molecule has 0 spiro atoms. The molecular formula is C29H34FN3O3. The molecule has 7 heteroatoms. The van der Waals surface area contributed by atoms with Crippen molar-refractivity contribution in [2.24, 2.45) is 0 Å². The molecule has 0 aliphatic carbocycles. The van der Waals surface area contributed by atoms with Crippen molar-refractivity contribution >= 4 is 11.7 Å². The minimum Gasteiger partial charge on any atom is -0.493 e. The van der Waals surface area contributed by atoms with E-state index in [0.29, 0.717) is 18.0 Å². The molecule has 0 saturated heterocycles. The Labute approximate surface area is 212 Å². The van der Waals surface area contributed by atoms with Gasteiger partial charge in [0.05, 0.1) is 26.3 Å². The highest BCUT2D eigenvalue weighted by Gasteiger charge is 2.35. The number of nitrogens with zero attached hydrogens (tertiary/aromatic N) is 1. The molecule has 4 rings (SSSR count). The third-order valence-electron chi connectivity index (χ3n) is 6.77. The van der Waals surface area contributed by atoms with Crippen LogP contribution in [0.15, 0.2) is 60.7 Å². The molecule has 0 fully saturated rings. The molecule has 0 radical (unpaired) electrons. The number of hydrogen-bond acceptors (Lipinski definition) is 4. The number of halogens is 1. The number of nitrogens with one attached hydrogen (secondary N) is 2. The number of rotatable bonds is 8. The maximum absolute atomic E-state index is 13.5. The van der Waals surface area contributed by atoms with Gasteiger partial charge in [0.1, 0.15) is 5.82 Å². The molecule has 3 aromatic rings. The van der Waals surface area contributed by atoms with E-state index in [-0.39, 0.29) is 23.9 Å². The Morgan fingerprint density at radius 3 is 2.36 bits per heavy atom. The van der Waals surface area contributed by atoms with Gasteiger partial charge in [-0.25, -0.2) is 9.18 Å². The van der Waals surface area contributed by atoms with Crippen molar-refractivity contribution in [1.82, 2.24) is 10.2 Å². The second-order valence-electron chi connectivity index (χ2n) is 9.18. The number of amides is 2. The van der Waals surface area contributed by atoms with Gasteiger partial charge >= 0.3 is 6.03 Å².